The number of amides is 1. The SMILES string of the molecule is CC(S)C(=O)Nc1cccc2cnccc12. The van der Waals surface area contributed by atoms with E-state index in [1.807, 2.05) is 24.3 Å². The van der Waals surface area contributed by atoms with Gasteiger partial charge < -0.3 is 5.32 Å². The van der Waals surface area contributed by atoms with Crippen LogP contribution in [0.25, 0.3) is 10.8 Å². The fraction of sp³-hybridized carbons (Fsp3) is 0.167. The van der Waals surface area contributed by atoms with Crippen LogP contribution in [0.2, 0.25) is 0 Å². The zero-order chi connectivity index (χ0) is 11.5. The number of hydrogen-bond donors (Lipinski definition) is 2. The molecule has 82 valence electrons. The predicted molar refractivity (Wildman–Crippen MR) is 68.8 cm³/mol. The molecule has 1 N–H and O–H groups in total. The molecule has 0 saturated carbocycles. The maximum Gasteiger partial charge on any atom is 0.236 e. The van der Waals surface area contributed by atoms with Crippen molar-refractivity contribution < 1.29 is 4.79 Å². The number of carbonyl (C=O) groups excluding carboxylic acids is 1. The number of pyridine rings is 1. The van der Waals surface area contributed by atoms with Crippen LogP contribution in [0.4, 0.5) is 5.69 Å². The van der Waals surface area contributed by atoms with E-state index >= 15 is 0 Å². The Morgan fingerprint density at radius 3 is 3.00 bits per heavy atom. The average Bonchev–Trinajstić information content (AvgIpc) is 2.29. The summed E-state index contributed by atoms with van der Waals surface area (Å²) in [6.07, 6.45) is 3.48. The highest BCUT2D eigenvalue weighted by molar-refractivity contribution is 7.81. The van der Waals surface area contributed by atoms with Gasteiger partial charge in [0.1, 0.15) is 0 Å². The second kappa shape index (κ2) is 4.53. The topological polar surface area (TPSA) is 42.0 Å². The number of aromatic nitrogens is 1. The van der Waals surface area contributed by atoms with Gasteiger partial charge in [-0.15, -0.1) is 0 Å². The third kappa shape index (κ3) is 2.17. The van der Waals surface area contributed by atoms with Gasteiger partial charge in [-0.05, 0) is 19.1 Å². The van der Waals surface area contributed by atoms with E-state index in [2.05, 4.69) is 22.9 Å². The van der Waals surface area contributed by atoms with Gasteiger partial charge in [0, 0.05) is 28.9 Å². The highest BCUT2D eigenvalue weighted by Gasteiger charge is 2.09. The fourth-order valence-corrected chi connectivity index (χ4v) is 1.53. The number of nitrogens with one attached hydrogen (secondary N) is 1. The molecule has 0 aliphatic rings. The van der Waals surface area contributed by atoms with E-state index in [4.69, 9.17) is 0 Å². The summed E-state index contributed by atoms with van der Waals surface area (Å²) >= 11 is 4.09. The summed E-state index contributed by atoms with van der Waals surface area (Å²) in [6.45, 7) is 1.74. The van der Waals surface area contributed by atoms with Gasteiger partial charge in [0.15, 0.2) is 0 Å². The van der Waals surface area contributed by atoms with Gasteiger partial charge in [-0.1, -0.05) is 12.1 Å². The average molecular weight is 232 g/mol. The number of benzene rings is 1. The van der Waals surface area contributed by atoms with Gasteiger partial charge in [-0.2, -0.15) is 12.6 Å². The smallest absolute Gasteiger partial charge is 0.236 e. The molecule has 1 atom stereocenters. The van der Waals surface area contributed by atoms with Crippen molar-refractivity contribution in [1.82, 2.24) is 4.98 Å². The molecule has 2 rings (SSSR count). The van der Waals surface area contributed by atoms with E-state index in [1.165, 1.54) is 0 Å². The Morgan fingerprint density at radius 1 is 1.44 bits per heavy atom. The molecule has 3 nitrogen and oxygen atoms in total. The van der Waals surface area contributed by atoms with Crippen molar-refractivity contribution in [1.29, 1.82) is 0 Å². The normalized spacial score (nSPS) is 12.4. The third-order valence-corrected chi connectivity index (χ3v) is 2.55. The van der Waals surface area contributed by atoms with Crippen molar-refractivity contribution in [2.45, 2.75) is 12.2 Å². The summed E-state index contributed by atoms with van der Waals surface area (Å²) < 4.78 is 0. The molecular formula is C12H12N2OS. The quantitative estimate of drug-likeness (QED) is 0.781. The van der Waals surface area contributed by atoms with E-state index in [9.17, 15) is 4.79 Å². The molecule has 0 radical (unpaired) electrons. The Balaban J connectivity index is 2.41. The largest absolute Gasteiger partial charge is 0.325 e. The maximum absolute atomic E-state index is 11.6. The number of anilines is 1. The number of thiol groups is 1. The lowest BCUT2D eigenvalue weighted by Crippen LogP contribution is -2.20. The van der Waals surface area contributed by atoms with Crippen molar-refractivity contribution in [3.05, 3.63) is 36.7 Å². The zero-order valence-electron chi connectivity index (χ0n) is 8.84. The molecule has 1 amide bonds. The summed E-state index contributed by atoms with van der Waals surface area (Å²) in [7, 11) is 0. The van der Waals surface area contributed by atoms with Crippen molar-refractivity contribution in [2.75, 3.05) is 5.32 Å². The molecule has 0 aliphatic heterocycles. The van der Waals surface area contributed by atoms with Gasteiger partial charge in [-0.25, -0.2) is 0 Å². The third-order valence-electron chi connectivity index (χ3n) is 2.32. The van der Waals surface area contributed by atoms with E-state index in [-0.39, 0.29) is 11.2 Å². The van der Waals surface area contributed by atoms with Crippen molar-refractivity contribution in [3.63, 3.8) is 0 Å². The minimum atomic E-state index is -0.322. The van der Waals surface area contributed by atoms with Gasteiger partial charge in [-0.3, -0.25) is 9.78 Å². The van der Waals surface area contributed by atoms with Crippen LogP contribution in [0.3, 0.4) is 0 Å². The number of carbonyl (C=O) groups is 1. The van der Waals surface area contributed by atoms with E-state index < -0.39 is 0 Å². The second-order valence-corrected chi connectivity index (χ2v) is 4.34. The molecule has 4 heteroatoms. The second-order valence-electron chi connectivity index (χ2n) is 3.57. The van der Waals surface area contributed by atoms with E-state index in [0.29, 0.717) is 0 Å². The summed E-state index contributed by atoms with van der Waals surface area (Å²) in [4.78, 5) is 15.6. The standard InChI is InChI=1S/C12H12N2OS/c1-8(16)12(15)14-11-4-2-3-9-7-13-6-5-10(9)11/h2-8,16H,1H3,(H,14,15). The molecule has 16 heavy (non-hydrogen) atoms. The Labute approximate surface area is 99.3 Å². The van der Waals surface area contributed by atoms with E-state index in [1.54, 1.807) is 19.3 Å². The van der Waals surface area contributed by atoms with Crippen LogP contribution in [0.1, 0.15) is 6.92 Å². The molecule has 1 aromatic carbocycles. The monoisotopic (exact) mass is 232 g/mol. The van der Waals surface area contributed by atoms with Crippen molar-refractivity contribution in [2.24, 2.45) is 0 Å². The molecule has 0 fully saturated rings. The lowest BCUT2D eigenvalue weighted by atomic mass is 10.1. The Hall–Kier alpha value is -1.55. The lowest BCUT2D eigenvalue weighted by molar-refractivity contribution is -0.115. The van der Waals surface area contributed by atoms with Crippen LogP contribution >= 0.6 is 12.6 Å². The fourth-order valence-electron chi connectivity index (χ4n) is 1.47. The number of hydrogen-bond acceptors (Lipinski definition) is 3. The molecule has 1 heterocycles. The summed E-state index contributed by atoms with van der Waals surface area (Å²) in [5, 5.41) is 4.51. The van der Waals surface area contributed by atoms with Gasteiger partial charge >= 0.3 is 0 Å². The molecule has 0 saturated heterocycles. The molecular weight excluding hydrogens is 220 g/mol. The molecule has 0 aliphatic carbocycles. The zero-order valence-corrected chi connectivity index (χ0v) is 9.74. The number of fused-ring (bicyclic) bond motifs is 1. The highest BCUT2D eigenvalue weighted by Crippen LogP contribution is 2.22. The number of rotatable bonds is 2. The highest BCUT2D eigenvalue weighted by atomic mass is 32.1. The Morgan fingerprint density at radius 2 is 2.25 bits per heavy atom. The van der Waals surface area contributed by atoms with Crippen molar-refractivity contribution in [3.8, 4) is 0 Å². The van der Waals surface area contributed by atoms with Gasteiger partial charge in [0.2, 0.25) is 5.91 Å². The molecule has 2 aromatic rings. The van der Waals surface area contributed by atoms with Gasteiger partial charge in [0.05, 0.1) is 5.25 Å². The first-order valence-electron chi connectivity index (χ1n) is 5.00. The predicted octanol–water partition coefficient (Wildman–Crippen LogP) is 2.49. The van der Waals surface area contributed by atoms with Crippen LogP contribution < -0.4 is 5.32 Å². The first-order chi connectivity index (χ1) is 7.68. The van der Waals surface area contributed by atoms with Crippen LogP contribution in [0, 0.1) is 0 Å². The Bertz CT molecular complexity index is 520. The molecule has 0 bridgehead atoms. The van der Waals surface area contributed by atoms with E-state index in [0.717, 1.165) is 16.5 Å². The Kier molecular flexibility index (Phi) is 3.10. The first kappa shape index (κ1) is 11.0. The lowest BCUT2D eigenvalue weighted by Gasteiger charge is -2.09. The van der Waals surface area contributed by atoms with Crippen molar-refractivity contribution >= 4 is 35.0 Å². The van der Waals surface area contributed by atoms with Crippen LogP contribution in [0.5, 0.6) is 0 Å². The molecule has 1 aromatic heterocycles. The number of nitrogens with zero attached hydrogens (tertiary/aromatic N) is 1. The molecule has 1 unspecified atom stereocenters. The summed E-state index contributed by atoms with van der Waals surface area (Å²) in [5.74, 6) is -0.104. The molecule has 0 spiro atoms. The summed E-state index contributed by atoms with van der Waals surface area (Å²) in [6, 6.07) is 7.61. The minimum absolute atomic E-state index is 0.104. The van der Waals surface area contributed by atoms with Crippen LogP contribution in [0.15, 0.2) is 36.7 Å². The summed E-state index contributed by atoms with van der Waals surface area (Å²) in [5.41, 5.74) is 0.797. The maximum atomic E-state index is 11.6. The van der Waals surface area contributed by atoms with Crippen LogP contribution in [-0.2, 0) is 4.79 Å². The first-order valence-corrected chi connectivity index (χ1v) is 5.52. The van der Waals surface area contributed by atoms with Crippen LogP contribution in [-0.4, -0.2) is 16.1 Å². The minimum Gasteiger partial charge on any atom is -0.325 e. The van der Waals surface area contributed by atoms with Gasteiger partial charge in [0.25, 0.3) is 0 Å².